The summed E-state index contributed by atoms with van der Waals surface area (Å²) in [5.74, 6) is 1.55. The minimum absolute atomic E-state index is 0. The van der Waals surface area contributed by atoms with Crippen LogP contribution in [0.1, 0.15) is 22.7 Å². The highest BCUT2D eigenvalue weighted by atomic mass is 127. The van der Waals surface area contributed by atoms with Crippen LogP contribution in [-0.2, 0) is 13.1 Å². The largest absolute Gasteiger partial charge is 0.361 e. The highest BCUT2D eigenvalue weighted by molar-refractivity contribution is 14.0. The van der Waals surface area contributed by atoms with Crippen LogP contribution in [0.15, 0.2) is 27.3 Å². The SMILES string of the molecule is CN=C(NCc1cn2ccsc2n1)NCc1c(C)noc1C.I. The van der Waals surface area contributed by atoms with E-state index in [1.54, 1.807) is 18.4 Å². The lowest BCUT2D eigenvalue weighted by Gasteiger charge is -2.10. The Hall–Kier alpha value is -1.62. The topological polar surface area (TPSA) is 79.8 Å². The van der Waals surface area contributed by atoms with Crippen molar-refractivity contribution in [3.63, 3.8) is 0 Å². The smallest absolute Gasteiger partial charge is 0.193 e. The van der Waals surface area contributed by atoms with Gasteiger partial charge in [-0.1, -0.05) is 5.16 Å². The molecule has 0 spiro atoms. The van der Waals surface area contributed by atoms with Gasteiger partial charge in [0.25, 0.3) is 0 Å². The first-order valence-electron chi connectivity index (χ1n) is 6.94. The zero-order valence-electron chi connectivity index (χ0n) is 13.2. The summed E-state index contributed by atoms with van der Waals surface area (Å²) in [7, 11) is 1.74. The molecule has 3 rings (SSSR count). The summed E-state index contributed by atoms with van der Waals surface area (Å²) in [5, 5.41) is 12.5. The molecule has 2 N–H and O–H groups in total. The lowest BCUT2D eigenvalue weighted by atomic mass is 10.2. The average Bonchev–Trinajstić information content (AvgIpc) is 3.16. The van der Waals surface area contributed by atoms with Crippen molar-refractivity contribution in [2.24, 2.45) is 4.99 Å². The van der Waals surface area contributed by atoms with Gasteiger partial charge in [-0.3, -0.25) is 9.39 Å². The Morgan fingerprint density at radius 2 is 2.13 bits per heavy atom. The molecule has 0 fully saturated rings. The Balaban J connectivity index is 0.00000192. The number of hydrogen-bond donors (Lipinski definition) is 2. The van der Waals surface area contributed by atoms with E-state index in [-0.39, 0.29) is 24.0 Å². The Bertz CT molecular complexity index is 757. The number of halogens is 1. The number of guanidine groups is 1. The summed E-state index contributed by atoms with van der Waals surface area (Å²) in [4.78, 5) is 9.74. The molecule has 0 amide bonds. The zero-order valence-corrected chi connectivity index (χ0v) is 16.3. The highest BCUT2D eigenvalue weighted by Crippen LogP contribution is 2.12. The van der Waals surface area contributed by atoms with Crippen LogP contribution in [0.4, 0.5) is 0 Å². The summed E-state index contributed by atoms with van der Waals surface area (Å²) in [6.45, 7) is 5.08. The zero-order chi connectivity index (χ0) is 15.5. The maximum absolute atomic E-state index is 5.15. The maximum Gasteiger partial charge on any atom is 0.193 e. The van der Waals surface area contributed by atoms with Crippen LogP contribution in [0.5, 0.6) is 0 Å². The number of aliphatic imine (C=N–C) groups is 1. The molecule has 0 aliphatic heterocycles. The quantitative estimate of drug-likeness (QED) is 0.366. The maximum atomic E-state index is 5.15. The van der Waals surface area contributed by atoms with Gasteiger partial charge >= 0.3 is 0 Å². The monoisotopic (exact) mass is 446 g/mol. The minimum Gasteiger partial charge on any atom is -0.361 e. The van der Waals surface area contributed by atoms with Gasteiger partial charge in [-0.2, -0.15) is 0 Å². The molecule has 0 aromatic carbocycles. The highest BCUT2D eigenvalue weighted by Gasteiger charge is 2.09. The Morgan fingerprint density at radius 3 is 2.78 bits per heavy atom. The van der Waals surface area contributed by atoms with Crippen molar-refractivity contribution in [1.82, 2.24) is 25.2 Å². The number of fused-ring (bicyclic) bond motifs is 1. The molecule has 0 aliphatic rings. The molecule has 0 aliphatic carbocycles. The molecule has 0 radical (unpaired) electrons. The molecule has 0 saturated carbocycles. The summed E-state index contributed by atoms with van der Waals surface area (Å²) in [6.07, 6.45) is 4.02. The third-order valence-corrected chi connectivity index (χ3v) is 4.19. The van der Waals surface area contributed by atoms with Gasteiger partial charge in [0, 0.05) is 36.9 Å². The van der Waals surface area contributed by atoms with E-state index in [4.69, 9.17) is 4.52 Å². The van der Waals surface area contributed by atoms with E-state index in [0.717, 1.165) is 33.6 Å². The van der Waals surface area contributed by atoms with Crippen molar-refractivity contribution in [3.8, 4) is 0 Å². The van der Waals surface area contributed by atoms with Gasteiger partial charge in [0.15, 0.2) is 10.9 Å². The van der Waals surface area contributed by atoms with Crippen LogP contribution in [0.25, 0.3) is 4.96 Å². The fourth-order valence-corrected chi connectivity index (χ4v) is 2.90. The lowest BCUT2D eigenvalue weighted by molar-refractivity contribution is 0.392. The van der Waals surface area contributed by atoms with Crippen molar-refractivity contribution in [3.05, 3.63) is 40.5 Å². The molecule has 3 aromatic heterocycles. The fourth-order valence-electron chi connectivity index (χ4n) is 2.18. The normalized spacial score (nSPS) is 11.5. The Labute approximate surface area is 155 Å². The molecule has 0 bridgehead atoms. The van der Waals surface area contributed by atoms with Crippen LogP contribution >= 0.6 is 35.3 Å². The molecular weight excluding hydrogens is 427 g/mol. The van der Waals surface area contributed by atoms with E-state index in [0.29, 0.717) is 13.1 Å². The van der Waals surface area contributed by atoms with Crippen molar-refractivity contribution in [1.29, 1.82) is 0 Å². The molecule has 7 nitrogen and oxygen atoms in total. The van der Waals surface area contributed by atoms with Crippen LogP contribution in [-0.4, -0.2) is 27.5 Å². The van der Waals surface area contributed by atoms with Crippen molar-refractivity contribution >= 4 is 46.2 Å². The summed E-state index contributed by atoms with van der Waals surface area (Å²) >= 11 is 1.62. The predicted molar refractivity (Wildman–Crippen MR) is 101 cm³/mol. The van der Waals surface area contributed by atoms with Crippen molar-refractivity contribution < 1.29 is 4.52 Å². The van der Waals surface area contributed by atoms with Crippen LogP contribution in [0.3, 0.4) is 0 Å². The molecule has 9 heteroatoms. The van der Waals surface area contributed by atoms with Crippen LogP contribution < -0.4 is 10.6 Å². The molecule has 3 aromatic rings. The van der Waals surface area contributed by atoms with E-state index in [2.05, 4.69) is 25.8 Å². The van der Waals surface area contributed by atoms with Gasteiger partial charge in [0.1, 0.15) is 5.76 Å². The average molecular weight is 446 g/mol. The van der Waals surface area contributed by atoms with Gasteiger partial charge in [-0.05, 0) is 13.8 Å². The van der Waals surface area contributed by atoms with Crippen LogP contribution in [0, 0.1) is 13.8 Å². The van der Waals surface area contributed by atoms with Gasteiger partial charge in [0.05, 0.1) is 17.9 Å². The number of aromatic nitrogens is 3. The molecular formula is C14H19IN6OS. The van der Waals surface area contributed by atoms with Gasteiger partial charge in [-0.25, -0.2) is 4.98 Å². The summed E-state index contributed by atoms with van der Waals surface area (Å²) < 4.78 is 7.17. The second-order valence-electron chi connectivity index (χ2n) is 4.91. The second-order valence-corrected chi connectivity index (χ2v) is 5.78. The first-order chi connectivity index (χ1) is 10.7. The van der Waals surface area contributed by atoms with E-state index in [1.165, 1.54) is 0 Å². The summed E-state index contributed by atoms with van der Waals surface area (Å²) in [6, 6.07) is 0. The van der Waals surface area contributed by atoms with E-state index in [1.807, 2.05) is 36.0 Å². The molecule has 23 heavy (non-hydrogen) atoms. The molecule has 0 unspecified atom stereocenters. The Kier molecular flexibility index (Phi) is 5.99. The number of aryl methyl sites for hydroxylation is 2. The summed E-state index contributed by atoms with van der Waals surface area (Å²) in [5.41, 5.74) is 2.94. The van der Waals surface area contributed by atoms with Crippen LogP contribution in [0.2, 0.25) is 0 Å². The number of thiazole rings is 1. The van der Waals surface area contributed by atoms with E-state index >= 15 is 0 Å². The van der Waals surface area contributed by atoms with Gasteiger partial charge in [0.2, 0.25) is 0 Å². The third-order valence-electron chi connectivity index (χ3n) is 3.42. The van der Waals surface area contributed by atoms with Gasteiger partial charge in [-0.15, -0.1) is 35.3 Å². The Morgan fingerprint density at radius 1 is 1.35 bits per heavy atom. The third kappa shape index (κ3) is 4.02. The standard InChI is InChI=1S/C14H18N6OS.HI/c1-9-12(10(2)21-19-9)7-17-13(15-3)16-6-11-8-20-4-5-22-14(20)18-11;/h4-5,8H,6-7H2,1-3H3,(H2,15,16,17);1H. The van der Waals surface area contributed by atoms with E-state index < -0.39 is 0 Å². The number of nitrogens with zero attached hydrogens (tertiary/aromatic N) is 4. The second kappa shape index (κ2) is 7.77. The molecule has 124 valence electrons. The first-order valence-corrected chi connectivity index (χ1v) is 7.82. The predicted octanol–water partition coefficient (Wildman–Crippen LogP) is 2.48. The van der Waals surface area contributed by atoms with Gasteiger partial charge < -0.3 is 15.2 Å². The van der Waals surface area contributed by atoms with Crippen molar-refractivity contribution in [2.75, 3.05) is 7.05 Å². The number of imidazole rings is 1. The number of rotatable bonds is 4. The van der Waals surface area contributed by atoms with E-state index in [9.17, 15) is 0 Å². The number of nitrogens with one attached hydrogen (secondary N) is 2. The molecule has 0 saturated heterocycles. The lowest BCUT2D eigenvalue weighted by Crippen LogP contribution is -2.36. The molecule has 3 heterocycles. The number of hydrogen-bond acceptors (Lipinski definition) is 5. The fraction of sp³-hybridized carbons (Fsp3) is 0.357. The first kappa shape index (κ1) is 17.7. The molecule has 0 atom stereocenters. The minimum atomic E-state index is 0. The van der Waals surface area contributed by atoms with Crippen molar-refractivity contribution in [2.45, 2.75) is 26.9 Å².